The van der Waals surface area contributed by atoms with Gasteiger partial charge < -0.3 is 15.0 Å². The third-order valence-corrected chi connectivity index (χ3v) is 7.23. The van der Waals surface area contributed by atoms with Crippen LogP contribution < -0.4 is 15.0 Å². The monoisotopic (exact) mass is 418 g/mol. The van der Waals surface area contributed by atoms with E-state index >= 15 is 0 Å². The fourth-order valence-electron chi connectivity index (χ4n) is 3.41. The number of quaternary nitrogens is 1. The molecule has 0 spiro atoms. The number of methoxy groups -OCH3 is 1. The number of nitrogens with one attached hydrogen (secondary N) is 2. The number of hydrogen-bond acceptors (Lipinski definition) is 4. The van der Waals surface area contributed by atoms with Crippen molar-refractivity contribution in [1.82, 2.24) is 4.31 Å². The van der Waals surface area contributed by atoms with Crippen LogP contribution in [0.5, 0.6) is 5.75 Å². The largest absolute Gasteiger partial charge is 0.495 e. The van der Waals surface area contributed by atoms with Gasteiger partial charge in [-0.05, 0) is 49.2 Å². The Hall–Kier alpha value is -2.42. The molecule has 1 saturated heterocycles. The zero-order valence-corrected chi connectivity index (χ0v) is 17.9. The van der Waals surface area contributed by atoms with Gasteiger partial charge in [-0.15, -0.1) is 0 Å². The first-order chi connectivity index (χ1) is 13.8. The molecule has 0 bridgehead atoms. The predicted molar refractivity (Wildman–Crippen MR) is 112 cm³/mol. The minimum atomic E-state index is -3.51. The number of rotatable bonds is 6. The van der Waals surface area contributed by atoms with Crippen LogP contribution in [0.25, 0.3) is 0 Å². The fraction of sp³-hybridized carbons (Fsp3) is 0.381. The van der Waals surface area contributed by atoms with Gasteiger partial charge in [0.1, 0.15) is 5.75 Å². The Morgan fingerprint density at radius 3 is 2.45 bits per heavy atom. The molecule has 29 heavy (non-hydrogen) atoms. The molecule has 2 aromatic rings. The average molecular weight is 419 g/mol. The third kappa shape index (κ3) is 4.95. The van der Waals surface area contributed by atoms with Crippen LogP contribution in [0.2, 0.25) is 0 Å². The summed E-state index contributed by atoms with van der Waals surface area (Å²) in [5, 5.41) is 2.87. The number of piperazine rings is 1. The number of hydrogen-bond donors (Lipinski definition) is 2. The minimum Gasteiger partial charge on any atom is -0.495 e. The zero-order chi connectivity index (χ0) is 21.0. The number of ether oxygens (including phenoxy) is 1. The summed E-state index contributed by atoms with van der Waals surface area (Å²) in [7, 11) is -1.95. The van der Waals surface area contributed by atoms with Crippen molar-refractivity contribution in [3.8, 4) is 5.75 Å². The van der Waals surface area contributed by atoms with Crippen LogP contribution >= 0.6 is 0 Å². The first-order valence-corrected chi connectivity index (χ1v) is 11.1. The fourth-order valence-corrected chi connectivity index (χ4v) is 4.94. The van der Waals surface area contributed by atoms with E-state index in [1.807, 2.05) is 32.0 Å². The lowest BCUT2D eigenvalue weighted by Crippen LogP contribution is -3.15. The second-order valence-corrected chi connectivity index (χ2v) is 9.26. The quantitative estimate of drug-likeness (QED) is 0.729. The van der Waals surface area contributed by atoms with E-state index in [9.17, 15) is 13.2 Å². The standard InChI is InChI=1S/C21H27N3O4S/c1-16-8-9-18(14-17(16)2)29(26,27)24-12-10-23(11-13-24)15-21(25)22-19-6-4-5-7-20(19)28-3/h4-9,14H,10-13,15H2,1-3H3,(H,22,25)/p+1. The summed E-state index contributed by atoms with van der Waals surface area (Å²) in [5.74, 6) is 0.495. The van der Waals surface area contributed by atoms with Crippen LogP contribution in [0.4, 0.5) is 5.69 Å². The maximum absolute atomic E-state index is 12.9. The summed E-state index contributed by atoms with van der Waals surface area (Å²) < 4.78 is 32.6. The topological polar surface area (TPSA) is 80.2 Å². The van der Waals surface area contributed by atoms with E-state index in [2.05, 4.69) is 5.32 Å². The normalized spacial score (nSPS) is 15.8. The van der Waals surface area contributed by atoms with Gasteiger partial charge in [0.05, 0.1) is 43.9 Å². The van der Waals surface area contributed by atoms with Crippen molar-refractivity contribution < 1.29 is 22.8 Å². The molecule has 8 heteroatoms. The van der Waals surface area contributed by atoms with E-state index in [-0.39, 0.29) is 12.5 Å². The number of benzene rings is 2. The van der Waals surface area contributed by atoms with E-state index in [1.165, 1.54) is 4.31 Å². The molecule has 3 rings (SSSR count). The molecule has 1 aliphatic rings. The lowest BCUT2D eigenvalue weighted by Gasteiger charge is -2.31. The van der Waals surface area contributed by atoms with Gasteiger partial charge in [0.25, 0.3) is 5.91 Å². The highest BCUT2D eigenvalue weighted by atomic mass is 32.2. The summed E-state index contributed by atoms with van der Waals surface area (Å²) in [4.78, 5) is 13.8. The Balaban J connectivity index is 1.57. The average Bonchev–Trinajstić information content (AvgIpc) is 2.70. The van der Waals surface area contributed by atoms with Crippen LogP contribution in [-0.2, 0) is 14.8 Å². The van der Waals surface area contributed by atoms with Gasteiger partial charge in [0.2, 0.25) is 10.0 Å². The van der Waals surface area contributed by atoms with Crippen LogP contribution in [-0.4, -0.2) is 58.5 Å². The predicted octanol–water partition coefficient (Wildman–Crippen LogP) is 0.840. The number of para-hydroxylation sites is 2. The Kier molecular flexibility index (Phi) is 6.56. The number of carbonyl (C=O) groups is 1. The van der Waals surface area contributed by atoms with Crippen molar-refractivity contribution in [3.63, 3.8) is 0 Å². The van der Waals surface area contributed by atoms with Crippen molar-refractivity contribution in [2.24, 2.45) is 0 Å². The Morgan fingerprint density at radius 2 is 1.79 bits per heavy atom. The second-order valence-electron chi connectivity index (χ2n) is 7.33. The zero-order valence-electron chi connectivity index (χ0n) is 17.1. The van der Waals surface area contributed by atoms with Crippen LogP contribution in [0, 0.1) is 13.8 Å². The number of sulfonamides is 1. The molecular weight excluding hydrogens is 390 g/mol. The first-order valence-electron chi connectivity index (χ1n) is 9.65. The summed E-state index contributed by atoms with van der Waals surface area (Å²) in [6.45, 7) is 6.13. The van der Waals surface area contributed by atoms with Crippen molar-refractivity contribution in [2.45, 2.75) is 18.7 Å². The Labute approximate surface area is 172 Å². The van der Waals surface area contributed by atoms with Gasteiger partial charge in [0, 0.05) is 0 Å². The molecule has 2 N–H and O–H groups in total. The summed E-state index contributed by atoms with van der Waals surface area (Å²) in [6, 6.07) is 12.5. The molecule has 0 unspecified atom stereocenters. The minimum absolute atomic E-state index is 0.116. The maximum atomic E-state index is 12.9. The smallest absolute Gasteiger partial charge is 0.279 e. The van der Waals surface area contributed by atoms with Gasteiger partial charge in [-0.25, -0.2) is 8.42 Å². The van der Waals surface area contributed by atoms with Gasteiger partial charge >= 0.3 is 0 Å². The number of nitrogens with zero attached hydrogens (tertiary/aromatic N) is 1. The van der Waals surface area contributed by atoms with Crippen LogP contribution in [0.1, 0.15) is 11.1 Å². The number of carbonyl (C=O) groups excluding carboxylic acids is 1. The molecule has 2 aromatic carbocycles. The highest BCUT2D eigenvalue weighted by molar-refractivity contribution is 7.89. The van der Waals surface area contributed by atoms with E-state index in [1.54, 1.807) is 31.4 Å². The molecule has 0 atom stereocenters. The summed E-state index contributed by atoms with van der Waals surface area (Å²) in [5.41, 5.74) is 2.66. The van der Waals surface area contributed by atoms with Crippen molar-refractivity contribution in [2.75, 3.05) is 45.2 Å². The molecule has 1 amide bonds. The highest BCUT2D eigenvalue weighted by Crippen LogP contribution is 2.22. The van der Waals surface area contributed by atoms with E-state index in [0.717, 1.165) is 16.0 Å². The van der Waals surface area contributed by atoms with Crippen LogP contribution in [0.15, 0.2) is 47.4 Å². The number of aryl methyl sites for hydroxylation is 2. The molecule has 156 valence electrons. The van der Waals surface area contributed by atoms with Crippen molar-refractivity contribution in [3.05, 3.63) is 53.6 Å². The lowest BCUT2D eigenvalue weighted by atomic mass is 10.1. The Bertz CT molecular complexity index is 983. The van der Waals surface area contributed by atoms with Gasteiger partial charge in [-0.3, -0.25) is 4.79 Å². The van der Waals surface area contributed by atoms with E-state index in [4.69, 9.17) is 4.74 Å². The number of anilines is 1. The maximum Gasteiger partial charge on any atom is 0.279 e. The molecule has 1 aliphatic heterocycles. The SMILES string of the molecule is COc1ccccc1NC(=O)C[NH+]1CCN(S(=O)(=O)c2ccc(C)c(C)c2)CC1. The molecule has 0 radical (unpaired) electrons. The molecular formula is C21H28N3O4S+. The van der Waals surface area contributed by atoms with E-state index < -0.39 is 10.0 Å². The van der Waals surface area contributed by atoms with Gasteiger partial charge in [-0.2, -0.15) is 4.31 Å². The van der Waals surface area contributed by atoms with E-state index in [0.29, 0.717) is 42.5 Å². The molecule has 1 fully saturated rings. The second kappa shape index (κ2) is 8.94. The molecule has 0 aliphatic carbocycles. The van der Waals surface area contributed by atoms with Crippen molar-refractivity contribution >= 4 is 21.6 Å². The number of amides is 1. The van der Waals surface area contributed by atoms with Crippen molar-refractivity contribution in [1.29, 1.82) is 0 Å². The molecule has 1 heterocycles. The molecule has 0 saturated carbocycles. The lowest BCUT2D eigenvalue weighted by molar-refractivity contribution is -0.895. The molecule has 7 nitrogen and oxygen atoms in total. The Morgan fingerprint density at radius 1 is 1.10 bits per heavy atom. The van der Waals surface area contributed by atoms with Gasteiger partial charge in [-0.1, -0.05) is 18.2 Å². The highest BCUT2D eigenvalue weighted by Gasteiger charge is 2.31. The summed E-state index contributed by atoms with van der Waals surface area (Å²) >= 11 is 0. The van der Waals surface area contributed by atoms with Gasteiger partial charge in [0.15, 0.2) is 6.54 Å². The summed E-state index contributed by atoms with van der Waals surface area (Å²) in [6.07, 6.45) is 0. The molecule has 0 aromatic heterocycles. The first kappa shape index (κ1) is 21.3. The third-order valence-electron chi connectivity index (χ3n) is 5.34. The van der Waals surface area contributed by atoms with Crippen LogP contribution in [0.3, 0.4) is 0 Å².